The maximum atomic E-state index is 13.7. The first-order valence-corrected chi connectivity index (χ1v) is 4.68. The van der Waals surface area contributed by atoms with Crippen molar-refractivity contribution in [3.8, 4) is 0 Å². The molecule has 0 saturated heterocycles. The van der Waals surface area contributed by atoms with E-state index in [1.165, 1.54) is 0 Å². The molecule has 0 aliphatic heterocycles. The predicted molar refractivity (Wildman–Crippen MR) is 53.7 cm³/mol. The SMILES string of the molecule is OCCCc1ccc2cc[nH]c2c1F. The van der Waals surface area contributed by atoms with Crippen LogP contribution < -0.4 is 0 Å². The van der Waals surface area contributed by atoms with Crippen LogP contribution in [-0.4, -0.2) is 16.7 Å². The first-order valence-electron chi connectivity index (χ1n) is 4.68. The molecule has 0 spiro atoms. The molecule has 14 heavy (non-hydrogen) atoms. The zero-order valence-corrected chi connectivity index (χ0v) is 7.76. The molecule has 1 aromatic heterocycles. The standard InChI is InChI=1S/C11H12FNO/c12-10-8(2-1-7-14)3-4-9-5-6-13-11(9)10/h3-6,13-14H,1-2,7H2. The number of aliphatic hydroxyl groups excluding tert-OH is 1. The Morgan fingerprint density at radius 1 is 1.29 bits per heavy atom. The summed E-state index contributed by atoms with van der Waals surface area (Å²) in [5.74, 6) is -0.194. The number of nitrogens with one attached hydrogen (secondary N) is 1. The Kier molecular flexibility index (Phi) is 2.50. The van der Waals surface area contributed by atoms with Crippen molar-refractivity contribution in [1.29, 1.82) is 0 Å². The fourth-order valence-corrected chi connectivity index (χ4v) is 1.60. The Bertz CT molecular complexity index is 436. The van der Waals surface area contributed by atoms with Gasteiger partial charge in [0.2, 0.25) is 0 Å². The van der Waals surface area contributed by atoms with Crippen LogP contribution in [0.4, 0.5) is 4.39 Å². The van der Waals surface area contributed by atoms with Crippen LogP contribution in [0.25, 0.3) is 10.9 Å². The normalized spacial score (nSPS) is 11.0. The topological polar surface area (TPSA) is 36.0 Å². The fourth-order valence-electron chi connectivity index (χ4n) is 1.60. The Labute approximate surface area is 81.4 Å². The van der Waals surface area contributed by atoms with Gasteiger partial charge in [-0.15, -0.1) is 0 Å². The van der Waals surface area contributed by atoms with Gasteiger partial charge in [0.05, 0.1) is 5.52 Å². The van der Waals surface area contributed by atoms with Crippen molar-refractivity contribution in [1.82, 2.24) is 4.98 Å². The van der Waals surface area contributed by atoms with E-state index in [2.05, 4.69) is 4.98 Å². The minimum absolute atomic E-state index is 0.0994. The summed E-state index contributed by atoms with van der Waals surface area (Å²) in [5, 5.41) is 9.55. The molecule has 3 heteroatoms. The summed E-state index contributed by atoms with van der Waals surface area (Å²) in [6.45, 7) is 0.0994. The molecule has 0 bridgehead atoms. The molecular weight excluding hydrogens is 181 g/mol. The molecular formula is C11H12FNO. The highest BCUT2D eigenvalue weighted by atomic mass is 19.1. The van der Waals surface area contributed by atoms with E-state index in [1.807, 2.05) is 12.1 Å². The summed E-state index contributed by atoms with van der Waals surface area (Å²) in [6, 6.07) is 5.51. The molecule has 1 heterocycles. The van der Waals surface area contributed by atoms with Gasteiger partial charge in [-0.2, -0.15) is 0 Å². The highest BCUT2D eigenvalue weighted by Crippen LogP contribution is 2.20. The van der Waals surface area contributed by atoms with E-state index in [1.54, 1.807) is 12.3 Å². The Morgan fingerprint density at radius 3 is 2.93 bits per heavy atom. The van der Waals surface area contributed by atoms with Crippen LogP contribution in [0.1, 0.15) is 12.0 Å². The number of benzene rings is 1. The maximum Gasteiger partial charge on any atom is 0.150 e. The van der Waals surface area contributed by atoms with Crippen molar-refractivity contribution in [3.05, 3.63) is 35.8 Å². The van der Waals surface area contributed by atoms with Gasteiger partial charge < -0.3 is 10.1 Å². The van der Waals surface area contributed by atoms with E-state index in [-0.39, 0.29) is 12.4 Å². The number of aryl methyl sites for hydroxylation is 1. The first kappa shape index (κ1) is 9.21. The monoisotopic (exact) mass is 193 g/mol. The van der Waals surface area contributed by atoms with E-state index >= 15 is 0 Å². The smallest absolute Gasteiger partial charge is 0.150 e. The lowest BCUT2D eigenvalue weighted by Gasteiger charge is -2.02. The van der Waals surface area contributed by atoms with Crippen molar-refractivity contribution >= 4 is 10.9 Å². The second-order valence-electron chi connectivity index (χ2n) is 3.31. The number of hydrogen-bond acceptors (Lipinski definition) is 1. The summed E-state index contributed by atoms with van der Waals surface area (Å²) in [6.07, 6.45) is 2.91. The minimum atomic E-state index is -0.194. The Hall–Kier alpha value is -1.35. The van der Waals surface area contributed by atoms with Crippen LogP contribution in [0.5, 0.6) is 0 Å². The molecule has 0 aliphatic carbocycles. The van der Waals surface area contributed by atoms with Crippen LogP contribution >= 0.6 is 0 Å². The lowest BCUT2D eigenvalue weighted by molar-refractivity contribution is 0.288. The number of rotatable bonds is 3. The molecule has 2 N–H and O–H groups in total. The molecule has 74 valence electrons. The number of halogens is 1. The number of fused-ring (bicyclic) bond motifs is 1. The van der Waals surface area contributed by atoms with Gasteiger partial charge in [0.25, 0.3) is 0 Å². The third-order valence-corrected chi connectivity index (χ3v) is 2.35. The highest BCUT2D eigenvalue weighted by molar-refractivity contribution is 5.80. The number of aromatic amines is 1. The lowest BCUT2D eigenvalue weighted by Crippen LogP contribution is -1.94. The van der Waals surface area contributed by atoms with Crippen LogP contribution in [0.3, 0.4) is 0 Å². The molecule has 0 saturated carbocycles. The maximum absolute atomic E-state index is 13.7. The molecule has 2 nitrogen and oxygen atoms in total. The van der Waals surface area contributed by atoms with Crippen LogP contribution in [0, 0.1) is 5.82 Å². The van der Waals surface area contributed by atoms with E-state index in [4.69, 9.17) is 5.11 Å². The van der Waals surface area contributed by atoms with Crippen molar-refractivity contribution in [2.45, 2.75) is 12.8 Å². The molecule has 0 atom stereocenters. The number of hydrogen-bond donors (Lipinski definition) is 2. The lowest BCUT2D eigenvalue weighted by atomic mass is 10.1. The molecule has 0 radical (unpaired) electrons. The summed E-state index contributed by atoms with van der Waals surface area (Å²) in [7, 11) is 0. The molecule has 0 aliphatic rings. The van der Waals surface area contributed by atoms with E-state index in [0.29, 0.717) is 23.9 Å². The molecule has 0 amide bonds. The fraction of sp³-hybridized carbons (Fsp3) is 0.273. The van der Waals surface area contributed by atoms with Crippen LogP contribution in [0.2, 0.25) is 0 Å². The molecule has 0 unspecified atom stereocenters. The largest absolute Gasteiger partial charge is 0.396 e. The van der Waals surface area contributed by atoms with Crippen molar-refractivity contribution in [2.75, 3.05) is 6.61 Å². The highest BCUT2D eigenvalue weighted by Gasteiger charge is 2.07. The van der Waals surface area contributed by atoms with E-state index < -0.39 is 0 Å². The van der Waals surface area contributed by atoms with Gasteiger partial charge in [-0.3, -0.25) is 0 Å². The zero-order valence-electron chi connectivity index (χ0n) is 7.76. The average Bonchev–Trinajstić information content (AvgIpc) is 2.66. The summed E-state index contributed by atoms with van der Waals surface area (Å²) >= 11 is 0. The molecule has 0 fully saturated rings. The number of aliphatic hydroxyl groups is 1. The quantitative estimate of drug-likeness (QED) is 0.770. The zero-order chi connectivity index (χ0) is 9.97. The molecule has 2 rings (SSSR count). The van der Waals surface area contributed by atoms with Crippen LogP contribution in [0.15, 0.2) is 24.4 Å². The van der Waals surface area contributed by atoms with Gasteiger partial charge in [0, 0.05) is 18.2 Å². The third-order valence-electron chi connectivity index (χ3n) is 2.35. The van der Waals surface area contributed by atoms with Gasteiger partial charge in [-0.05, 0) is 24.5 Å². The molecule has 2 aromatic rings. The van der Waals surface area contributed by atoms with Crippen molar-refractivity contribution < 1.29 is 9.50 Å². The van der Waals surface area contributed by atoms with E-state index in [0.717, 1.165) is 5.39 Å². The van der Waals surface area contributed by atoms with Gasteiger partial charge in [-0.1, -0.05) is 12.1 Å². The van der Waals surface area contributed by atoms with Crippen molar-refractivity contribution in [2.24, 2.45) is 0 Å². The van der Waals surface area contributed by atoms with Gasteiger partial charge in [0.15, 0.2) is 0 Å². The summed E-state index contributed by atoms with van der Waals surface area (Å²) in [5.41, 5.74) is 1.22. The minimum Gasteiger partial charge on any atom is -0.396 e. The Balaban J connectivity index is 2.40. The first-order chi connectivity index (χ1) is 6.83. The average molecular weight is 193 g/mol. The predicted octanol–water partition coefficient (Wildman–Crippen LogP) is 2.23. The van der Waals surface area contributed by atoms with Crippen LogP contribution in [-0.2, 0) is 6.42 Å². The van der Waals surface area contributed by atoms with E-state index in [9.17, 15) is 4.39 Å². The Morgan fingerprint density at radius 2 is 2.14 bits per heavy atom. The summed E-state index contributed by atoms with van der Waals surface area (Å²) < 4.78 is 13.7. The molecule has 1 aromatic carbocycles. The second-order valence-corrected chi connectivity index (χ2v) is 3.31. The van der Waals surface area contributed by atoms with Gasteiger partial charge in [0.1, 0.15) is 5.82 Å². The third kappa shape index (κ3) is 1.51. The number of aromatic nitrogens is 1. The van der Waals surface area contributed by atoms with Gasteiger partial charge >= 0.3 is 0 Å². The summed E-state index contributed by atoms with van der Waals surface area (Å²) in [4.78, 5) is 2.87. The van der Waals surface area contributed by atoms with Gasteiger partial charge in [-0.25, -0.2) is 4.39 Å². The number of H-pyrrole nitrogens is 1. The second kappa shape index (κ2) is 3.80. The van der Waals surface area contributed by atoms with Crippen molar-refractivity contribution in [3.63, 3.8) is 0 Å².